The first kappa shape index (κ1) is 71.1. The molecule has 430 valence electrons. The minimum Gasteiger partial charge on any atom is -0.466 e. The summed E-state index contributed by atoms with van der Waals surface area (Å²) in [5, 5.41) is 23.4. The van der Waals surface area contributed by atoms with Crippen molar-refractivity contribution in [2.24, 2.45) is 0 Å². The topological polar surface area (TPSA) is 95.9 Å². The van der Waals surface area contributed by atoms with Crippen LogP contribution in [0.25, 0.3) is 0 Å². The predicted octanol–water partition coefficient (Wildman–Crippen LogP) is 20.8. The average Bonchev–Trinajstić information content (AvgIpc) is 3.39. The van der Waals surface area contributed by atoms with Crippen molar-refractivity contribution in [3.05, 3.63) is 36.5 Å². The number of nitrogens with one attached hydrogen (secondary N) is 1. The van der Waals surface area contributed by atoms with Gasteiger partial charge in [0.1, 0.15) is 0 Å². The SMILES string of the molecule is CCCCCC/C=C\CCCCCCCC(=O)OCCCCCCCCCCC/C=C\C/C=C\CCCCCCCCCCCC(=O)NC(CO)C(O)CCCCCCCCCCCCCCCCCCCC. The van der Waals surface area contributed by atoms with Gasteiger partial charge < -0.3 is 20.3 Å². The Kier molecular flexibility index (Phi) is 61.0. The highest BCUT2D eigenvalue weighted by atomic mass is 16.5. The molecule has 0 spiro atoms. The average molecular weight is 1030 g/mol. The number of esters is 1. The van der Waals surface area contributed by atoms with Crippen molar-refractivity contribution in [3.63, 3.8) is 0 Å². The standard InChI is InChI=1S/C67H127NO5/c1-3-5-7-9-11-13-15-17-18-19-29-32-36-39-43-47-51-55-59-65(70)64(63-69)68-66(71)60-56-52-48-44-40-37-33-30-27-25-23-21-20-22-24-26-28-31-34-38-42-46-50-54-58-62-73-67(72)61-57-53-49-45-41-35-16-14-12-10-8-6-4-2/h14,16,21-24,64-65,69-70H,3-13,15,17-20,25-63H2,1-2H3,(H,68,71)/b16-14-,23-21-,24-22-. The Bertz CT molecular complexity index is 1180. The van der Waals surface area contributed by atoms with E-state index in [1.165, 1.54) is 270 Å². The van der Waals surface area contributed by atoms with Gasteiger partial charge in [0.25, 0.3) is 0 Å². The summed E-state index contributed by atoms with van der Waals surface area (Å²) in [6.45, 7) is 4.95. The monoisotopic (exact) mass is 1030 g/mol. The van der Waals surface area contributed by atoms with Gasteiger partial charge in [0.05, 0.1) is 25.4 Å². The van der Waals surface area contributed by atoms with Crippen LogP contribution < -0.4 is 5.32 Å². The molecule has 0 saturated carbocycles. The molecule has 0 aromatic carbocycles. The van der Waals surface area contributed by atoms with Crippen LogP contribution >= 0.6 is 0 Å². The van der Waals surface area contributed by atoms with Crippen LogP contribution in [0.2, 0.25) is 0 Å². The van der Waals surface area contributed by atoms with E-state index >= 15 is 0 Å². The van der Waals surface area contributed by atoms with Gasteiger partial charge in [-0.2, -0.15) is 0 Å². The molecule has 0 aromatic heterocycles. The van der Waals surface area contributed by atoms with E-state index in [9.17, 15) is 19.8 Å². The molecule has 0 aliphatic carbocycles. The van der Waals surface area contributed by atoms with E-state index in [0.717, 1.165) is 51.4 Å². The second kappa shape index (κ2) is 62.6. The molecule has 6 heteroatoms. The van der Waals surface area contributed by atoms with Crippen molar-refractivity contribution in [3.8, 4) is 0 Å². The summed E-state index contributed by atoms with van der Waals surface area (Å²) < 4.78 is 5.47. The molecule has 3 N–H and O–H groups in total. The van der Waals surface area contributed by atoms with Crippen LogP contribution in [0.15, 0.2) is 36.5 Å². The Hall–Kier alpha value is -1.92. The van der Waals surface area contributed by atoms with Crippen LogP contribution in [0.5, 0.6) is 0 Å². The Morgan fingerprint density at radius 1 is 0.384 bits per heavy atom. The van der Waals surface area contributed by atoms with Crippen LogP contribution in [0.1, 0.15) is 354 Å². The number of hydrogen-bond acceptors (Lipinski definition) is 5. The number of ether oxygens (including phenoxy) is 1. The molecule has 0 heterocycles. The number of carbonyl (C=O) groups is 2. The molecule has 73 heavy (non-hydrogen) atoms. The number of unbranched alkanes of at least 4 members (excludes halogenated alkanes) is 44. The molecule has 6 nitrogen and oxygen atoms in total. The molecule has 0 aromatic rings. The summed E-state index contributed by atoms with van der Waals surface area (Å²) in [5.41, 5.74) is 0. The lowest BCUT2D eigenvalue weighted by Crippen LogP contribution is -2.45. The predicted molar refractivity (Wildman–Crippen MR) is 319 cm³/mol. The fourth-order valence-corrected chi connectivity index (χ4v) is 10.1. The number of hydrogen-bond donors (Lipinski definition) is 3. The van der Waals surface area contributed by atoms with Gasteiger partial charge in [-0.25, -0.2) is 0 Å². The summed E-state index contributed by atoms with van der Waals surface area (Å²) in [5.74, 6) is -0.0386. The van der Waals surface area contributed by atoms with Gasteiger partial charge in [-0.1, -0.05) is 294 Å². The first-order chi connectivity index (χ1) is 36.0. The Balaban J connectivity index is 3.44. The molecule has 0 rings (SSSR count). The van der Waals surface area contributed by atoms with Gasteiger partial charge in [-0.05, 0) is 83.5 Å². The van der Waals surface area contributed by atoms with Gasteiger partial charge in [0.15, 0.2) is 0 Å². The summed E-state index contributed by atoms with van der Waals surface area (Å²) in [6.07, 6.45) is 78.8. The lowest BCUT2D eigenvalue weighted by atomic mass is 10.0. The Labute approximate surface area is 455 Å². The van der Waals surface area contributed by atoms with Crippen LogP contribution in [0.4, 0.5) is 0 Å². The third-order valence-corrected chi connectivity index (χ3v) is 15.2. The van der Waals surface area contributed by atoms with Gasteiger partial charge in [0, 0.05) is 12.8 Å². The Morgan fingerprint density at radius 2 is 0.685 bits per heavy atom. The van der Waals surface area contributed by atoms with E-state index in [4.69, 9.17) is 4.74 Å². The van der Waals surface area contributed by atoms with Gasteiger partial charge in [0.2, 0.25) is 5.91 Å². The first-order valence-electron chi connectivity index (χ1n) is 32.7. The molecule has 1 amide bonds. The molecular formula is C67H127NO5. The zero-order valence-corrected chi connectivity index (χ0v) is 49.1. The number of carbonyl (C=O) groups excluding carboxylic acids is 2. The van der Waals surface area contributed by atoms with E-state index in [2.05, 4.69) is 55.6 Å². The number of amides is 1. The van der Waals surface area contributed by atoms with Crippen LogP contribution in [-0.2, 0) is 14.3 Å². The second-order valence-corrected chi connectivity index (χ2v) is 22.4. The number of aliphatic hydroxyl groups excluding tert-OH is 2. The summed E-state index contributed by atoms with van der Waals surface area (Å²) in [6, 6.07) is -0.547. The molecule has 0 fully saturated rings. The smallest absolute Gasteiger partial charge is 0.305 e. The zero-order chi connectivity index (χ0) is 52.9. The third kappa shape index (κ3) is 59.2. The highest BCUT2D eigenvalue weighted by molar-refractivity contribution is 5.76. The number of rotatable bonds is 61. The maximum Gasteiger partial charge on any atom is 0.305 e. The normalized spacial score (nSPS) is 12.8. The van der Waals surface area contributed by atoms with Crippen LogP contribution in [0.3, 0.4) is 0 Å². The van der Waals surface area contributed by atoms with E-state index < -0.39 is 12.1 Å². The zero-order valence-electron chi connectivity index (χ0n) is 49.1. The quantitative estimate of drug-likeness (QED) is 0.0320. The maximum absolute atomic E-state index is 12.5. The summed E-state index contributed by atoms with van der Waals surface area (Å²) in [7, 11) is 0. The molecule has 0 saturated heterocycles. The van der Waals surface area contributed by atoms with E-state index in [1.807, 2.05) is 0 Å². The largest absolute Gasteiger partial charge is 0.466 e. The molecule has 0 radical (unpaired) electrons. The highest BCUT2D eigenvalue weighted by Crippen LogP contribution is 2.18. The third-order valence-electron chi connectivity index (χ3n) is 15.2. The summed E-state index contributed by atoms with van der Waals surface area (Å²) in [4.78, 5) is 24.5. The molecule has 2 unspecified atom stereocenters. The minimum absolute atomic E-state index is 0.0000561. The summed E-state index contributed by atoms with van der Waals surface area (Å²) >= 11 is 0. The fourth-order valence-electron chi connectivity index (χ4n) is 10.1. The lowest BCUT2D eigenvalue weighted by molar-refractivity contribution is -0.143. The maximum atomic E-state index is 12.5. The van der Waals surface area contributed by atoms with Crippen molar-refractivity contribution in [2.45, 2.75) is 366 Å². The van der Waals surface area contributed by atoms with Crippen molar-refractivity contribution < 1.29 is 24.5 Å². The van der Waals surface area contributed by atoms with Crippen molar-refractivity contribution in [2.75, 3.05) is 13.2 Å². The molecule has 0 aliphatic rings. The minimum atomic E-state index is -0.669. The number of allylic oxidation sites excluding steroid dienone is 6. The number of aliphatic hydroxyl groups is 2. The highest BCUT2D eigenvalue weighted by Gasteiger charge is 2.20. The van der Waals surface area contributed by atoms with E-state index in [-0.39, 0.29) is 18.5 Å². The molecule has 0 aliphatic heterocycles. The molecular weight excluding hydrogens is 899 g/mol. The van der Waals surface area contributed by atoms with E-state index in [1.54, 1.807) is 0 Å². The second-order valence-electron chi connectivity index (χ2n) is 22.4. The van der Waals surface area contributed by atoms with Crippen LogP contribution in [-0.4, -0.2) is 47.4 Å². The van der Waals surface area contributed by atoms with Gasteiger partial charge in [-0.3, -0.25) is 9.59 Å². The molecule has 0 bridgehead atoms. The first-order valence-corrected chi connectivity index (χ1v) is 32.7. The van der Waals surface area contributed by atoms with Crippen molar-refractivity contribution >= 4 is 11.9 Å². The van der Waals surface area contributed by atoms with Crippen molar-refractivity contribution in [1.29, 1.82) is 0 Å². The van der Waals surface area contributed by atoms with Gasteiger partial charge in [-0.15, -0.1) is 0 Å². The van der Waals surface area contributed by atoms with E-state index in [0.29, 0.717) is 25.9 Å². The fraction of sp³-hybridized carbons (Fsp3) is 0.881. The Morgan fingerprint density at radius 3 is 1.07 bits per heavy atom. The molecule has 2 atom stereocenters. The van der Waals surface area contributed by atoms with Gasteiger partial charge >= 0.3 is 5.97 Å². The lowest BCUT2D eigenvalue weighted by Gasteiger charge is -2.22. The van der Waals surface area contributed by atoms with Crippen molar-refractivity contribution in [1.82, 2.24) is 5.32 Å². The van der Waals surface area contributed by atoms with Crippen LogP contribution in [0, 0.1) is 0 Å².